The van der Waals surface area contributed by atoms with Gasteiger partial charge in [-0.1, -0.05) is 0 Å². The maximum Gasteiger partial charge on any atom is 0.433 e. The molecule has 27 heavy (non-hydrogen) atoms. The van der Waals surface area contributed by atoms with E-state index in [0.717, 1.165) is 6.07 Å². The van der Waals surface area contributed by atoms with E-state index in [1.807, 2.05) is 0 Å². The second-order valence-electron chi connectivity index (χ2n) is 5.24. The average molecular weight is 377 g/mol. The summed E-state index contributed by atoms with van der Waals surface area (Å²) in [4.78, 5) is 15.7. The lowest BCUT2D eigenvalue weighted by atomic mass is 10.2. The fourth-order valence-corrected chi connectivity index (χ4v) is 2.21. The topological polar surface area (TPSA) is 82.0 Å². The lowest BCUT2D eigenvalue weighted by Crippen LogP contribution is -2.11. The number of anilines is 2. The summed E-state index contributed by atoms with van der Waals surface area (Å²) in [5.41, 5.74) is -0.409. The van der Waals surface area contributed by atoms with E-state index < -0.39 is 11.9 Å². The molecule has 7 nitrogen and oxygen atoms in total. The molecule has 0 aliphatic carbocycles. The van der Waals surface area contributed by atoms with Crippen molar-refractivity contribution >= 4 is 11.5 Å². The average Bonchev–Trinajstić information content (AvgIpc) is 2.68. The molecule has 0 saturated heterocycles. The third kappa shape index (κ3) is 4.22. The summed E-state index contributed by atoms with van der Waals surface area (Å²) in [5, 5.41) is 2.78. The van der Waals surface area contributed by atoms with Crippen LogP contribution in [0, 0.1) is 0 Å². The minimum atomic E-state index is -4.64. The van der Waals surface area contributed by atoms with Crippen molar-refractivity contribution in [3.63, 3.8) is 0 Å². The maximum atomic E-state index is 13.3. The Labute approximate surface area is 152 Å². The van der Waals surface area contributed by atoms with Crippen LogP contribution < -0.4 is 14.8 Å². The monoisotopic (exact) mass is 377 g/mol. The molecule has 0 spiro atoms. The van der Waals surface area contributed by atoms with Crippen LogP contribution in [0.4, 0.5) is 24.7 Å². The molecule has 0 atom stereocenters. The van der Waals surface area contributed by atoms with Gasteiger partial charge >= 0.3 is 6.18 Å². The molecular weight excluding hydrogens is 363 g/mol. The highest BCUT2D eigenvalue weighted by Crippen LogP contribution is 2.33. The van der Waals surface area contributed by atoms with Crippen molar-refractivity contribution in [1.82, 2.24) is 19.9 Å². The first-order valence-electron chi connectivity index (χ1n) is 7.63. The van der Waals surface area contributed by atoms with Crippen LogP contribution in [0.25, 0.3) is 11.4 Å². The lowest BCUT2D eigenvalue weighted by Gasteiger charge is -2.13. The van der Waals surface area contributed by atoms with Gasteiger partial charge in [0.05, 0.1) is 14.2 Å². The molecule has 3 rings (SSSR count). The molecule has 140 valence electrons. The van der Waals surface area contributed by atoms with Crippen molar-refractivity contribution in [2.75, 3.05) is 19.5 Å². The summed E-state index contributed by atoms with van der Waals surface area (Å²) in [6, 6.07) is 7.07. The number of nitrogens with zero attached hydrogens (tertiary/aromatic N) is 4. The zero-order chi connectivity index (χ0) is 19.4. The van der Waals surface area contributed by atoms with E-state index in [2.05, 4.69) is 25.3 Å². The molecule has 0 fully saturated rings. The fourth-order valence-electron chi connectivity index (χ4n) is 2.21. The maximum absolute atomic E-state index is 13.3. The molecular formula is C17H14F3N5O2. The van der Waals surface area contributed by atoms with E-state index >= 15 is 0 Å². The van der Waals surface area contributed by atoms with Gasteiger partial charge in [0.2, 0.25) is 11.8 Å². The van der Waals surface area contributed by atoms with Crippen LogP contribution in [0.3, 0.4) is 0 Å². The van der Waals surface area contributed by atoms with Crippen molar-refractivity contribution in [1.29, 1.82) is 0 Å². The standard InChI is InChI=1S/C17H14F3N5O2/c1-26-14-6-5-11(16(25-14)27-2)22-13-8-12(17(18,19)20)23-15(24-13)10-4-3-7-21-9-10/h3-9H,1-2H3,(H,22,23,24). The minimum Gasteiger partial charge on any atom is -0.481 e. The highest BCUT2D eigenvalue weighted by Gasteiger charge is 2.34. The number of methoxy groups -OCH3 is 2. The summed E-state index contributed by atoms with van der Waals surface area (Å²) >= 11 is 0. The molecule has 3 aromatic rings. The van der Waals surface area contributed by atoms with Crippen LogP contribution in [0.2, 0.25) is 0 Å². The van der Waals surface area contributed by atoms with Crippen LogP contribution >= 0.6 is 0 Å². The van der Waals surface area contributed by atoms with E-state index in [-0.39, 0.29) is 17.5 Å². The second kappa shape index (κ2) is 7.44. The molecule has 0 aromatic carbocycles. The van der Waals surface area contributed by atoms with Gasteiger partial charge in [0, 0.05) is 30.1 Å². The smallest absolute Gasteiger partial charge is 0.433 e. The quantitative estimate of drug-likeness (QED) is 0.726. The molecule has 0 unspecified atom stereocenters. The summed E-state index contributed by atoms with van der Waals surface area (Å²) < 4.78 is 49.9. The first-order chi connectivity index (χ1) is 12.9. The SMILES string of the molecule is COc1ccc(Nc2cc(C(F)(F)F)nc(-c3cccnc3)n2)c(OC)n1. The van der Waals surface area contributed by atoms with Crippen LogP contribution in [-0.4, -0.2) is 34.2 Å². The Morgan fingerprint density at radius 1 is 1.00 bits per heavy atom. The van der Waals surface area contributed by atoms with Crippen LogP contribution in [0.1, 0.15) is 5.69 Å². The fraction of sp³-hybridized carbons (Fsp3) is 0.176. The summed E-state index contributed by atoms with van der Waals surface area (Å²) in [6.07, 6.45) is -1.75. The van der Waals surface area contributed by atoms with Crippen molar-refractivity contribution in [2.45, 2.75) is 6.18 Å². The van der Waals surface area contributed by atoms with Gasteiger partial charge in [-0.25, -0.2) is 9.97 Å². The zero-order valence-corrected chi connectivity index (χ0v) is 14.3. The second-order valence-corrected chi connectivity index (χ2v) is 5.24. The van der Waals surface area contributed by atoms with Crippen molar-refractivity contribution in [3.8, 4) is 23.1 Å². The van der Waals surface area contributed by atoms with Gasteiger partial charge in [-0.05, 0) is 18.2 Å². The van der Waals surface area contributed by atoms with Gasteiger partial charge in [0.1, 0.15) is 11.5 Å². The Morgan fingerprint density at radius 2 is 1.81 bits per heavy atom. The van der Waals surface area contributed by atoms with E-state index in [1.165, 1.54) is 26.6 Å². The Kier molecular flexibility index (Phi) is 5.06. The van der Waals surface area contributed by atoms with Gasteiger partial charge in [-0.3, -0.25) is 4.98 Å². The molecule has 0 saturated carbocycles. The number of alkyl halides is 3. The van der Waals surface area contributed by atoms with Gasteiger partial charge in [0.15, 0.2) is 11.5 Å². The Balaban J connectivity index is 2.05. The first kappa shape index (κ1) is 18.4. The third-order valence-corrected chi connectivity index (χ3v) is 3.44. The van der Waals surface area contributed by atoms with Gasteiger partial charge in [0.25, 0.3) is 0 Å². The minimum absolute atomic E-state index is 0.0681. The number of hydrogen-bond acceptors (Lipinski definition) is 7. The summed E-state index contributed by atoms with van der Waals surface area (Å²) in [6.45, 7) is 0. The van der Waals surface area contributed by atoms with Crippen molar-refractivity contribution in [3.05, 3.63) is 48.4 Å². The molecule has 1 N–H and O–H groups in total. The normalized spacial score (nSPS) is 11.1. The number of rotatable bonds is 5. The van der Waals surface area contributed by atoms with E-state index in [9.17, 15) is 13.2 Å². The predicted octanol–water partition coefficient (Wildman–Crippen LogP) is 3.71. The lowest BCUT2D eigenvalue weighted by molar-refractivity contribution is -0.141. The molecule has 0 aliphatic rings. The van der Waals surface area contributed by atoms with Crippen LogP contribution in [0.15, 0.2) is 42.7 Å². The zero-order valence-electron chi connectivity index (χ0n) is 14.3. The van der Waals surface area contributed by atoms with Crippen molar-refractivity contribution < 1.29 is 22.6 Å². The Hall–Kier alpha value is -3.43. The Morgan fingerprint density at radius 3 is 2.44 bits per heavy atom. The summed E-state index contributed by atoms with van der Waals surface area (Å²) in [7, 11) is 2.82. The molecule has 0 amide bonds. The number of halogens is 3. The molecule has 10 heteroatoms. The molecule has 0 bridgehead atoms. The molecule has 3 heterocycles. The predicted molar refractivity (Wildman–Crippen MR) is 90.9 cm³/mol. The molecule has 3 aromatic heterocycles. The van der Waals surface area contributed by atoms with Gasteiger partial charge < -0.3 is 14.8 Å². The third-order valence-electron chi connectivity index (χ3n) is 3.44. The molecule has 0 radical (unpaired) electrons. The number of pyridine rings is 2. The van der Waals surface area contributed by atoms with E-state index in [1.54, 1.807) is 24.3 Å². The number of nitrogens with one attached hydrogen (secondary N) is 1. The summed E-state index contributed by atoms with van der Waals surface area (Å²) in [5.74, 6) is 0.263. The highest BCUT2D eigenvalue weighted by molar-refractivity contribution is 5.65. The number of ether oxygens (including phenoxy) is 2. The van der Waals surface area contributed by atoms with Crippen LogP contribution in [0.5, 0.6) is 11.8 Å². The van der Waals surface area contributed by atoms with Gasteiger partial charge in [-0.15, -0.1) is 0 Å². The Bertz CT molecular complexity index is 936. The van der Waals surface area contributed by atoms with Crippen LogP contribution in [-0.2, 0) is 6.18 Å². The van der Waals surface area contributed by atoms with Gasteiger partial charge in [-0.2, -0.15) is 18.2 Å². The highest BCUT2D eigenvalue weighted by atomic mass is 19.4. The number of hydrogen-bond donors (Lipinski definition) is 1. The van der Waals surface area contributed by atoms with E-state index in [0.29, 0.717) is 17.1 Å². The molecule has 0 aliphatic heterocycles. The first-order valence-corrected chi connectivity index (χ1v) is 7.63. The van der Waals surface area contributed by atoms with Crippen molar-refractivity contribution in [2.24, 2.45) is 0 Å². The van der Waals surface area contributed by atoms with E-state index in [4.69, 9.17) is 9.47 Å². The largest absolute Gasteiger partial charge is 0.481 e. The number of aromatic nitrogens is 4.